The molecule has 0 aliphatic rings. The van der Waals surface area contributed by atoms with Crippen LogP contribution in [0.25, 0.3) is 0 Å². The van der Waals surface area contributed by atoms with Gasteiger partial charge in [0.25, 0.3) is 0 Å². The first-order chi connectivity index (χ1) is 2.27. The fourth-order valence-electron chi connectivity index (χ4n) is 0. The molecule has 0 saturated heterocycles. The van der Waals surface area contributed by atoms with Gasteiger partial charge in [0.05, 0.1) is 0 Å². The van der Waals surface area contributed by atoms with E-state index in [-0.39, 0.29) is 0 Å². The molecule has 0 N–H and O–H groups in total. The molecular weight excluding hydrogens is 467 g/mol. The normalized spacial score (nSPS) is 6.00. The number of rotatable bonds is 0. The van der Waals surface area contributed by atoms with Crippen LogP contribution in [0.5, 0.6) is 0 Å². The molecule has 0 atom stereocenters. The van der Waals surface area contributed by atoms with Crippen molar-refractivity contribution in [2.45, 2.75) is 0 Å². The van der Waals surface area contributed by atoms with Gasteiger partial charge < -0.3 is 0 Å². The maximum atomic E-state index is 3.15. The molecule has 0 aromatic heterocycles. The maximum absolute atomic E-state index is 3.15. The topological polar surface area (TPSA) is 0 Å². The van der Waals surface area contributed by atoms with Gasteiger partial charge in [0.1, 0.15) is 0 Å². The zero-order valence-corrected chi connectivity index (χ0v) is 15.9. The summed E-state index contributed by atoms with van der Waals surface area (Å²) in [5, 5.41) is 0. The third kappa shape index (κ3) is 7.30. The minimum atomic E-state index is 0.301. The van der Waals surface area contributed by atoms with Crippen molar-refractivity contribution in [3.8, 4) is 0 Å². The van der Waals surface area contributed by atoms with E-state index in [9.17, 15) is 0 Å². The van der Waals surface area contributed by atoms with Gasteiger partial charge in [0, 0.05) is 0 Å². The minimum absolute atomic E-state index is 0.301. The van der Waals surface area contributed by atoms with Gasteiger partial charge in [-0.1, -0.05) is 0 Å². The number of hydrogen-bond donors (Lipinski definition) is 0. The second-order valence-electron chi connectivity index (χ2n) is 0.508. The first-order valence-electron chi connectivity index (χ1n) is 0.911. The number of hydrogen-bond acceptors (Lipinski definition) is 0. The van der Waals surface area contributed by atoms with Crippen LogP contribution in [0.3, 0.4) is 0 Å². The Balaban J connectivity index is 5.08. The summed E-state index contributed by atoms with van der Waals surface area (Å²) >= 11 is 5.90. The van der Waals surface area contributed by atoms with Crippen molar-refractivity contribution in [3.63, 3.8) is 0 Å². The van der Waals surface area contributed by atoms with Gasteiger partial charge in [-0.15, -0.1) is 0 Å². The Hall–Kier alpha value is 3.30. The SMILES string of the molecule is [Se]=[Se]=[Se](=[InH])=[InH]. The predicted molar refractivity (Wildman–Crippen MR) is 31.6 cm³/mol. The summed E-state index contributed by atoms with van der Waals surface area (Å²) in [6.45, 7) is 0. The van der Waals surface area contributed by atoms with Crippen molar-refractivity contribution in [1.29, 1.82) is 0 Å². The Bertz CT molecular complexity index is 136. The van der Waals surface area contributed by atoms with Gasteiger partial charge in [-0.2, -0.15) is 0 Å². The molecule has 0 heterocycles. The quantitative estimate of drug-likeness (QED) is 0.347. The van der Waals surface area contributed by atoms with Crippen LogP contribution in [0, 0.1) is 0 Å². The Labute approximate surface area is 67.9 Å². The molecule has 0 fully saturated rings. The molecule has 0 spiro atoms. The summed E-state index contributed by atoms with van der Waals surface area (Å²) in [4.78, 5) is 0. The Morgan fingerprint density at radius 1 is 1.60 bits per heavy atom. The van der Waals surface area contributed by atoms with E-state index < -0.39 is 0 Å². The van der Waals surface area contributed by atoms with Crippen LogP contribution in [0.2, 0.25) is 0 Å². The zero-order chi connectivity index (χ0) is 4.28. The molecule has 0 bridgehead atoms. The van der Waals surface area contributed by atoms with Crippen LogP contribution in [0.4, 0.5) is 0 Å². The van der Waals surface area contributed by atoms with Gasteiger partial charge >= 0.3 is 69.8 Å². The van der Waals surface area contributed by atoms with Crippen molar-refractivity contribution < 1.29 is 0 Å². The van der Waals surface area contributed by atoms with Crippen molar-refractivity contribution in [2.75, 3.05) is 0 Å². The fraction of sp³-hybridized carbons (Fsp3) is 0. The molecule has 0 aliphatic heterocycles. The van der Waals surface area contributed by atoms with Crippen LogP contribution in [-0.4, -0.2) is 69.8 Å². The molecule has 0 nitrogen and oxygen atoms in total. The van der Waals surface area contributed by atoms with Crippen LogP contribution in [-0.2, 0) is 0 Å². The molecule has 5 heteroatoms. The third-order valence-corrected chi connectivity index (χ3v) is 90.6. The van der Waals surface area contributed by atoms with Gasteiger partial charge in [0.2, 0.25) is 0 Å². The van der Waals surface area contributed by atoms with Crippen LogP contribution < -0.4 is 0 Å². The summed E-state index contributed by atoms with van der Waals surface area (Å²) in [5.41, 5.74) is 0. The standard InChI is InChI=1S/2In.Se3.2H/c;;1-3-2;;. The summed E-state index contributed by atoms with van der Waals surface area (Å²) < 4.78 is 0.301. The van der Waals surface area contributed by atoms with E-state index in [1.165, 1.54) is 42.8 Å². The Kier molecular flexibility index (Phi) is 9.02. The van der Waals surface area contributed by atoms with Crippen molar-refractivity contribution in [3.05, 3.63) is 0 Å². The van der Waals surface area contributed by atoms with Crippen LogP contribution in [0.1, 0.15) is 0 Å². The van der Waals surface area contributed by atoms with Crippen molar-refractivity contribution in [2.24, 2.45) is 0 Å². The van der Waals surface area contributed by atoms with Gasteiger partial charge in [0.15, 0.2) is 0 Å². The molecular formula is H2In2Se3. The van der Waals surface area contributed by atoms with Gasteiger partial charge in [-0.3, -0.25) is 0 Å². The van der Waals surface area contributed by atoms with E-state index in [0.717, 1.165) is 10.2 Å². The Morgan fingerprint density at radius 3 is 1.80 bits per heavy atom. The monoisotopic (exact) mass is 472 g/mol. The molecule has 0 rings (SSSR count). The van der Waals surface area contributed by atoms with Gasteiger partial charge in [-0.25, -0.2) is 0 Å². The van der Waals surface area contributed by atoms with Crippen LogP contribution in [0.15, 0.2) is 0 Å². The van der Waals surface area contributed by atoms with Crippen LogP contribution >= 0.6 is 0 Å². The second-order valence-corrected chi connectivity index (χ2v) is 100.0. The van der Waals surface area contributed by atoms with Crippen molar-refractivity contribution in [1.82, 2.24) is 0 Å². The summed E-state index contributed by atoms with van der Waals surface area (Å²) in [7, 11) is 1.03. The van der Waals surface area contributed by atoms with E-state index in [0.29, 0.717) is 3.10 Å². The average molecular weight is 469 g/mol. The van der Waals surface area contributed by atoms with Gasteiger partial charge in [-0.05, 0) is 0 Å². The first kappa shape index (κ1) is 8.30. The van der Waals surface area contributed by atoms with Crippen molar-refractivity contribution >= 4 is 69.8 Å². The molecule has 0 aliphatic carbocycles. The summed E-state index contributed by atoms with van der Waals surface area (Å²) in [6, 6.07) is 0. The molecule has 0 amide bonds. The zero-order valence-electron chi connectivity index (χ0n) is 2.64. The molecule has 5 heavy (non-hydrogen) atoms. The molecule has 0 aromatic rings. The van der Waals surface area contributed by atoms with E-state index >= 15 is 0 Å². The van der Waals surface area contributed by atoms with E-state index in [4.69, 9.17) is 0 Å². The molecule has 0 radical (unpaired) electrons. The van der Waals surface area contributed by atoms with E-state index in [1.807, 2.05) is 0 Å². The molecule has 0 aromatic carbocycles. The molecule has 0 saturated carbocycles. The second kappa shape index (κ2) is 5.44. The summed E-state index contributed by atoms with van der Waals surface area (Å²) in [6.07, 6.45) is 0. The molecule has 26 valence electrons. The fourth-order valence-corrected chi connectivity index (χ4v) is 0. The predicted octanol–water partition coefficient (Wildman–Crippen LogP) is -2.44. The molecule has 0 unspecified atom stereocenters. The summed E-state index contributed by atoms with van der Waals surface area (Å²) in [5.74, 6) is 0. The third-order valence-electron chi connectivity index (χ3n) is 0.0962. The van der Waals surface area contributed by atoms with E-state index in [1.54, 1.807) is 0 Å². The van der Waals surface area contributed by atoms with E-state index in [2.05, 4.69) is 13.7 Å². The first-order valence-corrected chi connectivity index (χ1v) is 29.1. The Morgan fingerprint density at radius 2 is 1.80 bits per heavy atom. The average Bonchev–Trinajstić information content (AvgIpc) is 1.38.